The van der Waals surface area contributed by atoms with Gasteiger partial charge in [-0.3, -0.25) is 0 Å². The molecule has 90 valence electrons. The van der Waals surface area contributed by atoms with Crippen LogP contribution in [0.4, 0.5) is 4.39 Å². The number of nitrogens with two attached hydrogens (primary N) is 1. The summed E-state index contributed by atoms with van der Waals surface area (Å²) in [5.41, 5.74) is 6.77. The van der Waals surface area contributed by atoms with Crippen molar-refractivity contribution in [2.75, 3.05) is 19.3 Å². The second-order valence-corrected chi connectivity index (χ2v) is 5.56. The van der Waals surface area contributed by atoms with Crippen LogP contribution in [0.2, 0.25) is 0 Å². The van der Waals surface area contributed by atoms with E-state index in [0.29, 0.717) is 5.78 Å². The Kier molecular flexibility index (Phi) is 6.55. The maximum Gasteiger partial charge on any atom is 0.123 e. The largest absolute Gasteiger partial charge is 0.323 e. The molecule has 2 atom stereocenters. The van der Waals surface area contributed by atoms with E-state index in [1.165, 1.54) is 31.3 Å². The highest BCUT2D eigenvalue weighted by Crippen LogP contribution is 2.16. The minimum Gasteiger partial charge on any atom is -0.323 e. The molecule has 0 aliphatic carbocycles. The van der Waals surface area contributed by atoms with Crippen LogP contribution in [-0.4, -0.2) is 25.0 Å². The van der Waals surface area contributed by atoms with E-state index in [1.807, 2.05) is 6.92 Å². The topological polar surface area (TPSA) is 38.0 Å². The summed E-state index contributed by atoms with van der Waals surface area (Å²) in [4.78, 5) is 0. The molecule has 0 spiro atoms. The average Bonchev–Trinajstić information content (AvgIpc) is 2.51. The summed E-state index contributed by atoms with van der Waals surface area (Å²) in [6.45, 7) is 4.12. The van der Waals surface area contributed by atoms with Gasteiger partial charge in [0.15, 0.2) is 0 Å². The Morgan fingerprint density at radius 1 is 1.38 bits per heavy atom. The highest BCUT2D eigenvalue weighted by Gasteiger charge is 2.04. The first-order valence-electron chi connectivity index (χ1n) is 5.60. The molecule has 0 radical (unpaired) electrons. The van der Waals surface area contributed by atoms with E-state index in [2.05, 4.69) is 5.32 Å². The number of hydrogen-bond acceptors (Lipinski definition) is 2. The summed E-state index contributed by atoms with van der Waals surface area (Å²) < 4.78 is 12.1. The monoisotopic (exact) mass is 242 g/mol. The first kappa shape index (κ1) is 13.6. The number of rotatable bonds is 0. The van der Waals surface area contributed by atoms with Crippen LogP contribution < -0.4 is 11.1 Å². The minimum absolute atomic E-state index is 0.171. The van der Waals surface area contributed by atoms with Crippen LogP contribution in [0.3, 0.4) is 0 Å². The molecule has 2 rings (SSSR count). The predicted octanol–water partition coefficient (Wildman–Crippen LogP) is 2.08. The predicted molar refractivity (Wildman–Crippen MR) is 69.8 cm³/mol. The van der Waals surface area contributed by atoms with Crippen LogP contribution >= 0.6 is 8.58 Å². The van der Waals surface area contributed by atoms with Crippen molar-refractivity contribution in [3.8, 4) is 0 Å². The second-order valence-electron chi connectivity index (χ2n) is 3.91. The van der Waals surface area contributed by atoms with Gasteiger partial charge in [0.2, 0.25) is 0 Å². The molecule has 1 aliphatic heterocycles. The van der Waals surface area contributed by atoms with E-state index in [-0.39, 0.29) is 5.82 Å². The number of halogens is 1. The van der Waals surface area contributed by atoms with Crippen molar-refractivity contribution >= 4 is 8.58 Å². The Bertz CT molecular complexity index is 261. The van der Waals surface area contributed by atoms with Crippen LogP contribution in [0.1, 0.15) is 12.0 Å². The van der Waals surface area contributed by atoms with Gasteiger partial charge in [0.1, 0.15) is 5.82 Å². The van der Waals surface area contributed by atoms with Crippen molar-refractivity contribution in [1.29, 1.82) is 0 Å². The van der Waals surface area contributed by atoms with Gasteiger partial charge in [0.25, 0.3) is 0 Å². The Morgan fingerprint density at radius 3 is 2.69 bits per heavy atom. The molecule has 1 heterocycles. The average molecular weight is 242 g/mol. The van der Waals surface area contributed by atoms with Crippen molar-refractivity contribution in [1.82, 2.24) is 5.32 Å². The van der Waals surface area contributed by atoms with Gasteiger partial charge < -0.3 is 11.1 Å². The van der Waals surface area contributed by atoms with Gasteiger partial charge >= 0.3 is 0 Å². The van der Waals surface area contributed by atoms with Crippen LogP contribution in [0.25, 0.3) is 0 Å². The van der Waals surface area contributed by atoms with E-state index in [0.717, 1.165) is 20.7 Å². The quantitative estimate of drug-likeness (QED) is 0.683. The minimum atomic E-state index is -0.171. The van der Waals surface area contributed by atoms with E-state index < -0.39 is 0 Å². The molecule has 0 bridgehead atoms. The van der Waals surface area contributed by atoms with Gasteiger partial charge in [-0.05, 0) is 38.2 Å². The number of nitrogens with one attached hydrogen (secondary N) is 1. The standard InChI is InChI=1S/C7H7F.C5H13N2P/c1-6-2-4-7(8)5-3-6;6-5-4-7-2-1-3-8-5/h2-5H,1H3;5,7-8H,1-4,6H2. The molecule has 1 fully saturated rings. The molecule has 4 heteroatoms. The zero-order chi connectivity index (χ0) is 11.8. The van der Waals surface area contributed by atoms with Gasteiger partial charge in [0.05, 0.1) is 0 Å². The van der Waals surface area contributed by atoms with Gasteiger partial charge in [-0.15, -0.1) is 8.58 Å². The molecule has 1 aromatic rings. The van der Waals surface area contributed by atoms with Crippen molar-refractivity contribution in [2.24, 2.45) is 5.73 Å². The molecular formula is C12H20FN2P. The number of benzene rings is 1. The fourth-order valence-corrected chi connectivity index (χ4v) is 2.40. The van der Waals surface area contributed by atoms with Crippen molar-refractivity contribution in [3.05, 3.63) is 35.6 Å². The Labute approximate surface area is 98.6 Å². The van der Waals surface area contributed by atoms with Crippen LogP contribution in [0, 0.1) is 12.7 Å². The summed E-state index contributed by atoms with van der Waals surface area (Å²) in [6.07, 6.45) is 2.64. The third-order valence-corrected chi connectivity index (χ3v) is 3.68. The molecule has 1 aliphatic rings. The van der Waals surface area contributed by atoms with Gasteiger partial charge in [-0.25, -0.2) is 4.39 Å². The van der Waals surface area contributed by atoms with Gasteiger partial charge in [-0.2, -0.15) is 0 Å². The maximum absolute atomic E-state index is 12.1. The third kappa shape index (κ3) is 6.16. The molecule has 0 amide bonds. The number of hydrogen-bond donors (Lipinski definition) is 2. The van der Waals surface area contributed by atoms with Gasteiger partial charge in [-0.1, -0.05) is 17.7 Å². The smallest absolute Gasteiger partial charge is 0.123 e. The summed E-state index contributed by atoms with van der Waals surface area (Å²) >= 11 is 0. The molecule has 2 nitrogen and oxygen atoms in total. The Morgan fingerprint density at radius 2 is 2.06 bits per heavy atom. The van der Waals surface area contributed by atoms with Crippen LogP contribution in [-0.2, 0) is 0 Å². The highest BCUT2D eigenvalue weighted by molar-refractivity contribution is 7.38. The first-order valence-corrected chi connectivity index (χ1v) is 6.89. The van der Waals surface area contributed by atoms with Crippen molar-refractivity contribution in [3.63, 3.8) is 0 Å². The number of aryl methyl sites for hydroxylation is 1. The summed E-state index contributed by atoms with van der Waals surface area (Å²) in [7, 11) is 0.984. The summed E-state index contributed by atoms with van der Waals surface area (Å²) in [5.74, 6) is 0.271. The molecule has 0 saturated carbocycles. The zero-order valence-electron chi connectivity index (χ0n) is 9.67. The van der Waals surface area contributed by atoms with E-state index >= 15 is 0 Å². The lowest BCUT2D eigenvalue weighted by atomic mass is 10.2. The summed E-state index contributed by atoms with van der Waals surface area (Å²) in [5, 5.41) is 3.28. The zero-order valence-corrected chi connectivity index (χ0v) is 10.7. The second kappa shape index (κ2) is 7.72. The van der Waals surface area contributed by atoms with Crippen molar-refractivity contribution < 1.29 is 4.39 Å². The molecule has 2 unspecified atom stereocenters. The van der Waals surface area contributed by atoms with E-state index in [1.54, 1.807) is 12.1 Å². The highest BCUT2D eigenvalue weighted by atomic mass is 31.1. The molecule has 16 heavy (non-hydrogen) atoms. The van der Waals surface area contributed by atoms with Gasteiger partial charge in [0, 0.05) is 12.3 Å². The normalized spacial score (nSPS) is 22.1. The Hall–Kier alpha value is -0.500. The first-order chi connectivity index (χ1) is 7.68. The lowest BCUT2D eigenvalue weighted by molar-refractivity contribution is 0.627. The van der Waals surface area contributed by atoms with E-state index in [4.69, 9.17) is 5.73 Å². The lowest BCUT2D eigenvalue weighted by Crippen LogP contribution is -2.28. The maximum atomic E-state index is 12.1. The van der Waals surface area contributed by atoms with Crippen molar-refractivity contribution in [2.45, 2.75) is 19.1 Å². The molecule has 0 aromatic heterocycles. The van der Waals surface area contributed by atoms with Crippen LogP contribution in [0.5, 0.6) is 0 Å². The van der Waals surface area contributed by atoms with E-state index in [9.17, 15) is 4.39 Å². The summed E-state index contributed by atoms with van der Waals surface area (Å²) in [6, 6.07) is 6.40. The Balaban J connectivity index is 0.000000160. The fourth-order valence-electron chi connectivity index (χ4n) is 1.36. The van der Waals surface area contributed by atoms with Crippen LogP contribution in [0.15, 0.2) is 24.3 Å². The molecular weight excluding hydrogens is 222 g/mol. The molecule has 1 aromatic carbocycles. The SMILES string of the molecule is Cc1ccc(F)cc1.NC1CNCCCP1. The molecule has 1 saturated heterocycles. The fraction of sp³-hybridized carbons (Fsp3) is 0.500. The lowest BCUT2D eigenvalue weighted by Gasteiger charge is -2.04. The third-order valence-electron chi connectivity index (χ3n) is 2.31. The molecule has 3 N–H and O–H groups in total.